The van der Waals surface area contributed by atoms with E-state index in [2.05, 4.69) is 0 Å². The SMILES string of the molecule is COC(=O)c1ccc([C@H]2O[C@]3(c4ccc(C(=O)OC)cc4)OCC[C@]3(c3ccc(C(=O)OC)cc3)O2)cc1. The molecule has 0 aliphatic carbocycles. The van der Waals surface area contributed by atoms with Crippen LogP contribution in [0.4, 0.5) is 0 Å². The number of rotatable bonds is 6. The fourth-order valence-electron chi connectivity index (χ4n) is 5.00. The molecule has 2 heterocycles. The molecule has 0 saturated carbocycles. The van der Waals surface area contributed by atoms with Crippen molar-refractivity contribution in [3.63, 3.8) is 0 Å². The summed E-state index contributed by atoms with van der Waals surface area (Å²) in [6.45, 7) is 0.339. The van der Waals surface area contributed by atoms with E-state index in [1.807, 2.05) is 0 Å². The van der Waals surface area contributed by atoms with Gasteiger partial charge in [-0.1, -0.05) is 36.4 Å². The van der Waals surface area contributed by atoms with Crippen molar-refractivity contribution in [1.82, 2.24) is 0 Å². The number of ether oxygens (including phenoxy) is 6. The van der Waals surface area contributed by atoms with Crippen molar-refractivity contribution in [2.75, 3.05) is 27.9 Å². The minimum atomic E-state index is -1.36. The van der Waals surface area contributed by atoms with Gasteiger partial charge >= 0.3 is 17.9 Å². The predicted octanol–water partition coefficient (Wildman–Crippen LogP) is 4.26. The Bertz CT molecular complexity index is 1270. The molecular formula is C29H26O9. The van der Waals surface area contributed by atoms with Gasteiger partial charge < -0.3 is 28.4 Å². The fourth-order valence-corrected chi connectivity index (χ4v) is 5.00. The van der Waals surface area contributed by atoms with Gasteiger partial charge in [-0.15, -0.1) is 0 Å². The Morgan fingerprint density at radius 3 is 1.58 bits per heavy atom. The van der Waals surface area contributed by atoms with Crippen molar-refractivity contribution in [1.29, 1.82) is 0 Å². The Morgan fingerprint density at radius 1 is 0.658 bits per heavy atom. The molecule has 0 N–H and O–H groups in total. The molecule has 3 aromatic carbocycles. The average molecular weight is 519 g/mol. The molecule has 196 valence electrons. The summed E-state index contributed by atoms with van der Waals surface area (Å²) < 4.78 is 34.1. The molecule has 2 saturated heterocycles. The van der Waals surface area contributed by atoms with Crippen LogP contribution in [0.5, 0.6) is 0 Å². The van der Waals surface area contributed by atoms with Crippen LogP contribution in [0.25, 0.3) is 0 Å². The highest BCUT2D eigenvalue weighted by Crippen LogP contribution is 2.62. The maximum atomic E-state index is 12.0. The van der Waals surface area contributed by atoms with Crippen LogP contribution < -0.4 is 0 Å². The zero-order chi connectivity index (χ0) is 26.9. The summed E-state index contributed by atoms with van der Waals surface area (Å²) in [5, 5.41) is 0. The lowest BCUT2D eigenvalue weighted by molar-refractivity contribution is -0.231. The maximum absolute atomic E-state index is 12.0. The summed E-state index contributed by atoms with van der Waals surface area (Å²) >= 11 is 0. The van der Waals surface area contributed by atoms with E-state index < -0.39 is 35.6 Å². The van der Waals surface area contributed by atoms with Crippen LogP contribution >= 0.6 is 0 Å². The maximum Gasteiger partial charge on any atom is 0.337 e. The van der Waals surface area contributed by atoms with E-state index in [-0.39, 0.29) is 0 Å². The van der Waals surface area contributed by atoms with Gasteiger partial charge in [-0.3, -0.25) is 0 Å². The monoisotopic (exact) mass is 518 g/mol. The molecule has 2 aliphatic rings. The summed E-state index contributed by atoms with van der Waals surface area (Å²) in [5.74, 6) is -2.72. The van der Waals surface area contributed by atoms with Gasteiger partial charge in [0, 0.05) is 17.5 Å². The Labute approximate surface area is 219 Å². The van der Waals surface area contributed by atoms with Crippen molar-refractivity contribution in [2.24, 2.45) is 0 Å². The average Bonchev–Trinajstić information content (AvgIpc) is 3.51. The molecule has 3 aromatic rings. The number of fused-ring (bicyclic) bond motifs is 1. The quantitative estimate of drug-likeness (QED) is 0.349. The number of hydrogen-bond donors (Lipinski definition) is 0. The fraction of sp³-hybridized carbons (Fsp3) is 0.276. The van der Waals surface area contributed by atoms with Gasteiger partial charge in [0.1, 0.15) is 0 Å². The number of esters is 3. The molecule has 0 unspecified atom stereocenters. The van der Waals surface area contributed by atoms with Gasteiger partial charge in [-0.2, -0.15) is 0 Å². The topological polar surface area (TPSA) is 107 Å². The molecule has 38 heavy (non-hydrogen) atoms. The van der Waals surface area contributed by atoms with E-state index >= 15 is 0 Å². The normalized spacial score (nSPS) is 23.9. The molecule has 0 spiro atoms. The number of benzene rings is 3. The van der Waals surface area contributed by atoms with Crippen molar-refractivity contribution < 1.29 is 42.8 Å². The van der Waals surface area contributed by atoms with Gasteiger partial charge in [0.2, 0.25) is 5.79 Å². The number of hydrogen-bond acceptors (Lipinski definition) is 9. The standard InChI is InChI=1S/C29H26O9/c1-33-24(30)18-4-6-21(7-5-18)27-37-28(22-12-8-19(9-13-22)25(31)34-2)16-17-36-29(28,38-27)23-14-10-20(11-15-23)26(32)35-3/h4-15,27H,16-17H2,1-3H3/t27-,28-,29+/m1/s1. The van der Waals surface area contributed by atoms with Crippen molar-refractivity contribution in [2.45, 2.75) is 24.1 Å². The van der Waals surface area contributed by atoms with Crippen LogP contribution in [0, 0.1) is 0 Å². The zero-order valence-electron chi connectivity index (χ0n) is 21.1. The van der Waals surface area contributed by atoms with Crippen LogP contribution in [0.1, 0.15) is 60.5 Å². The van der Waals surface area contributed by atoms with Gasteiger partial charge in [0.05, 0.1) is 44.6 Å². The molecule has 9 nitrogen and oxygen atoms in total. The highest BCUT2D eigenvalue weighted by atomic mass is 16.8. The first-order chi connectivity index (χ1) is 18.4. The minimum absolute atomic E-state index is 0.339. The lowest BCUT2D eigenvalue weighted by atomic mass is 9.80. The largest absolute Gasteiger partial charge is 0.465 e. The lowest BCUT2D eigenvalue weighted by Gasteiger charge is -2.36. The van der Waals surface area contributed by atoms with Crippen LogP contribution in [0.15, 0.2) is 72.8 Å². The smallest absolute Gasteiger partial charge is 0.337 e. The molecule has 0 radical (unpaired) electrons. The van der Waals surface area contributed by atoms with Crippen LogP contribution in [-0.4, -0.2) is 45.8 Å². The molecule has 2 aliphatic heterocycles. The van der Waals surface area contributed by atoms with E-state index in [9.17, 15) is 14.4 Å². The van der Waals surface area contributed by atoms with Crippen molar-refractivity contribution in [3.8, 4) is 0 Å². The molecule has 9 heteroatoms. The molecule has 0 bridgehead atoms. The van der Waals surface area contributed by atoms with Gasteiger partial charge in [-0.05, 0) is 42.0 Å². The third kappa shape index (κ3) is 4.05. The first kappa shape index (κ1) is 25.6. The number of carbonyl (C=O) groups excluding carboxylic acids is 3. The highest BCUT2D eigenvalue weighted by molar-refractivity contribution is 5.90. The summed E-state index contributed by atoms with van der Waals surface area (Å²) in [5.41, 5.74) is 2.15. The molecular weight excluding hydrogens is 492 g/mol. The lowest BCUT2D eigenvalue weighted by Crippen LogP contribution is -2.43. The molecule has 5 rings (SSSR count). The summed E-state index contributed by atoms with van der Waals surface area (Å²) in [6, 6.07) is 20.5. The first-order valence-corrected chi connectivity index (χ1v) is 11.9. The van der Waals surface area contributed by atoms with Crippen molar-refractivity contribution >= 4 is 17.9 Å². The molecule has 2 fully saturated rings. The molecule has 0 aromatic heterocycles. The summed E-state index contributed by atoms with van der Waals surface area (Å²) in [6.07, 6.45) is -0.386. The van der Waals surface area contributed by atoms with E-state index in [1.165, 1.54) is 21.3 Å². The Morgan fingerprint density at radius 2 is 1.11 bits per heavy atom. The van der Waals surface area contributed by atoms with Crippen LogP contribution in [0.2, 0.25) is 0 Å². The van der Waals surface area contributed by atoms with Crippen LogP contribution in [0.3, 0.4) is 0 Å². The second-order valence-electron chi connectivity index (χ2n) is 8.86. The van der Waals surface area contributed by atoms with Crippen molar-refractivity contribution in [3.05, 3.63) is 106 Å². The van der Waals surface area contributed by atoms with E-state index in [4.69, 9.17) is 28.4 Å². The highest BCUT2D eigenvalue weighted by Gasteiger charge is 2.67. The molecule has 0 amide bonds. The Kier molecular flexibility index (Phi) is 6.75. The van der Waals surface area contributed by atoms with Crippen LogP contribution in [-0.2, 0) is 39.8 Å². The van der Waals surface area contributed by atoms with E-state index in [0.717, 1.165) is 5.56 Å². The second kappa shape index (κ2) is 10.0. The van der Waals surface area contributed by atoms with E-state index in [1.54, 1.807) is 72.8 Å². The van der Waals surface area contributed by atoms with E-state index in [0.29, 0.717) is 40.8 Å². The van der Waals surface area contributed by atoms with Gasteiger partial charge in [0.15, 0.2) is 11.9 Å². The van der Waals surface area contributed by atoms with Gasteiger partial charge in [0.25, 0.3) is 0 Å². The third-order valence-corrected chi connectivity index (χ3v) is 6.93. The molecule has 3 atom stereocenters. The summed E-state index contributed by atoms with van der Waals surface area (Å²) in [4.78, 5) is 36.0. The Balaban J connectivity index is 1.59. The third-order valence-electron chi connectivity index (χ3n) is 6.93. The Hall–Kier alpha value is -4.05. The first-order valence-electron chi connectivity index (χ1n) is 11.9. The number of methoxy groups -OCH3 is 3. The number of carbonyl (C=O) groups is 3. The van der Waals surface area contributed by atoms with Gasteiger partial charge in [-0.25, -0.2) is 14.4 Å². The summed E-state index contributed by atoms with van der Waals surface area (Å²) in [7, 11) is 3.97. The zero-order valence-corrected chi connectivity index (χ0v) is 21.1. The predicted molar refractivity (Wildman–Crippen MR) is 132 cm³/mol. The second-order valence-corrected chi connectivity index (χ2v) is 8.86. The minimum Gasteiger partial charge on any atom is -0.465 e.